The number of rotatable bonds is 7. The van der Waals surface area contributed by atoms with Crippen LogP contribution in [0.2, 0.25) is 5.02 Å². The molecule has 0 aliphatic rings. The molecule has 0 saturated heterocycles. The number of ketones is 1. The molecule has 0 saturated carbocycles. The van der Waals surface area contributed by atoms with Crippen LogP contribution in [-0.4, -0.2) is 23.6 Å². The summed E-state index contributed by atoms with van der Waals surface area (Å²) in [6.45, 7) is 2.56. The molecule has 0 aromatic heterocycles. The third-order valence-corrected chi connectivity index (χ3v) is 4.22. The van der Waals surface area contributed by atoms with Gasteiger partial charge in [-0.1, -0.05) is 54.9 Å². The van der Waals surface area contributed by atoms with Gasteiger partial charge in [0.25, 0.3) is 0 Å². The Morgan fingerprint density at radius 3 is 2.33 bits per heavy atom. The van der Waals surface area contributed by atoms with Gasteiger partial charge in [0.05, 0.1) is 0 Å². The van der Waals surface area contributed by atoms with E-state index in [1.54, 1.807) is 18.0 Å². The van der Waals surface area contributed by atoms with E-state index in [0.717, 1.165) is 12.0 Å². The molecular formula is C20H22ClNO2. The lowest BCUT2D eigenvalue weighted by Crippen LogP contribution is -2.26. The minimum absolute atomic E-state index is 0.00200. The van der Waals surface area contributed by atoms with Crippen molar-refractivity contribution in [3.63, 3.8) is 0 Å². The lowest BCUT2D eigenvalue weighted by atomic mass is 10.0. The van der Waals surface area contributed by atoms with Crippen LogP contribution in [0, 0.1) is 0 Å². The van der Waals surface area contributed by atoms with Crippen molar-refractivity contribution in [3.05, 3.63) is 70.2 Å². The summed E-state index contributed by atoms with van der Waals surface area (Å²) in [5.41, 5.74) is 2.83. The van der Waals surface area contributed by atoms with Crippen LogP contribution in [-0.2, 0) is 17.8 Å². The quantitative estimate of drug-likeness (QED) is 0.693. The molecule has 0 N–H and O–H groups in total. The standard InChI is InChI=1S/C20H22ClNO2/c1-3-15-7-9-17(10-8-15)19(23)11-12-20(24)22(2)14-16-5-4-6-18(21)13-16/h4-10,13H,3,11-12,14H2,1-2H3. The maximum atomic E-state index is 12.2. The molecule has 0 aliphatic heterocycles. The summed E-state index contributed by atoms with van der Waals surface area (Å²) < 4.78 is 0. The molecule has 4 heteroatoms. The number of Topliss-reactive ketones (excluding diaryl/α,β-unsaturated/α-hetero) is 1. The first-order chi connectivity index (χ1) is 11.5. The molecule has 0 heterocycles. The summed E-state index contributed by atoms with van der Waals surface area (Å²) in [6, 6.07) is 15.0. The molecule has 2 aromatic rings. The van der Waals surface area contributed by atoms with Crippen molar-refractivity contribution < 1.29 is 9.59 Å². The number of amides is 1. The number of carbonyl (C=O) groups is 2. The minimum atomic E-state index is -0.0477. The van der Waals surface area contributed by atoms with Gasteiger partial charge in [-0.2, -0.15) is 0 Å². The van der Waals surface area contributed by atoms with Crippen molar-refractivity contribution in [2.75, 3.05) is 7.05 Å². The fourth-order valence-corrected chi connectivity index (χ4v) is 2.69. The van der Waals surface area contributed by atoms with Gasteiger partial charge >= 0.3 is 0 Å². The van der Waals surface area contributed by atoms with E-state index in [1.807, 2.05) is 42.5 Å². The number of benzene rings is 2. The van der Waals surface area contributed by atoms with Crippen molar-refractivity contribution in [3.8, 4) is 0 Å². The second-order valence-electron chi connectivity index (χ2n) is 5.85. The zero-order chi connectivity index (χ0) is 17.5. The Labute approximate surface area is 148 Å². The monoisotopic (exact) mass is 343 g/mol. The van der Waals surface area contributed by atoms with E-state index in [9.17, 15) is 9.59 Å². The first-order valence-electron chi connectivity index (χ1n) is 8.10. The number of hydrogen-bond donors (Lipinski definition) is 0. The van der Waals surface area contributed by atoms with Gasteiger partial charge in [0.2, 0.25) is 5.91 Å². The van der Waals surface area contributed by atoms with Crippen LogP contribution < -0.4 is 0 Å². The van der Waals surface area contributed by atoms with Crippen LogP contribution >= 0.6 is 11.6 Å². The molecule has 0 atom stereocenters. The average Bonchev–Trinajstić information content (AvgIpc) is 2.59. The SMILES string of the molecule is CCc1ccc(C(=O)CCC(=O)N(C)Cc2cccc(Cl)c2)cc1. The third kappa shape index (κ3) is 5.20. The topological polar surface area (TPSA) is 37.4 Å². The number of aryl methyl sites for hydroxylation is 1. The molecule has 24 heavy (non-hydrogen) atoms. The van der Waals surface area contributed by atoms with Crippen molar-refractivity contribution in [1.29, 1.82) is 0 Å². The molecule has 0 aliphatic carbocycles. The Morgan fingerprint density at radius 2 is 1.71 bits per heavy atom. The lowest BCUT2D eigenvalue weighted by Gasteiger charge is -2.17. The van der Waals surface area contributed by atoms with Crippen LogP contribution in [0.15, 0.2) is 48.5 Å². The summed E-state index contributed by atoms with van der Waals surface area (Å²) in [5.74, 6) is -0.0457. The molecule has 0 spiro atoms. The molecule has 0 radical (unpaired) electrons. The molecule has 2 aromatic carbocycles. The van der Waals surface area contributed by atoms with Crippen LogP contribution in [0.1, 0.15) is 41.3 Å². The summed E-state index contributed by atoms with van der Waals surface area (Å²) in [6.07, 6.45) is 1.39. The highest BCUT2D eigenvalue weighted by molar-refractivity contribution is 6.30. The normalized spacial score (nSPS) is 10.5. The molecule has 2 rings (SSSR count). The predicted molar refractivity (Wildman–Crippen MR) is 97.3 cm³/mol. The number of carbonyl (C=O) groups excluding carboxylic acids is 2. The zero-order valence-corrected chi connectivity index (χ0v) is 14.8. The van der Waals surface area contributed by atoms with Crippen molar-refractivity contribution in [2.24, 2.45) is 0 Å². The number of hydrogen-bond acceptors (Lipinski definition) is 2. The van der Waals surface area contributed by atoms with Crippen LogP contribution in [0.3, 0.4) is 0 Å². The summed E-state index contributed by atoms with van der Waals surface area (Å²) >= 11 is 5.95. The van der Waals surface area contributed by atoms with Crippen LogP contribution in [0.4, 0.5) is 0 Å². The summed E-state index contributed by atoms with van der Waals surface area (Å²) in [5, 5.41) is 0.652. The molecular weight excluding hydrogens is 322 g/mol. The highest BCUT2D eigenvalue weighted by Gasteiger charge is 2.13. The van der Waals surface area contributed by atoms with E-state index in [2.05, 4.69) is 6.92 Å². The van der Waals surface area contributed by atoms with Gasteiger partial charge < -0.3 is 4.90 Å². The van der Waals surface area contributed by atoms with Gasteiger partial charge in [-0.05, 0) is 29.7 Å². The van der Waals surface area contributed by atoms with E-state index in [1.165, 1.54) is 5.56 Å². The van der Waals surface area contributed by atoms with E-state index in [0.29, 0.717) is 17.1 Å². The van der Waals surface area contributed by atoms with Gasteiger partial charge in [0, 0.05) is 37.0 Å². The number of halogens is 1. The minimum Gasteiger partial charge on any atom is -0.341 e. The molecule has 1 amide bonds. The second-order valence-corrected chi connectivity index (χ2v) is 6.29. The molecule has 0 unspecified atom stereocenters. The van der Waals surface area contributed by atoms with Gasteiger partial charge in [0.15, 0.2) is 5.78 Å². The van der Waals surface area contributed by atoms with Crippen LogP contribution in [0.5, 0.6) is 0 Å². The maximum absolute atomic E-state index is 12.2. The molecule has 3 nitrogen and oxygen atoms in total. The van der Waals surface area contributed by atoms with Gasteiger partial charge in [0.1, 0.15) is 0 Å². The Bertz CT molecular complexity index is 710. The van der Waals surface area contributed by atoms with E-state index >= 15 is 0 Å². The average molecular weight is 344 g/mol. The van der Waals surface area contributed by atoms with E-state index in [-0.39, 0.29) is 24.5 Å². The molecule has 126 valence electrons. The van der Waals surface area contributed by atoms with Gasteiger partial charge in [-0.15, -0.1) is 0 Å². The second kappa shape index (κ2) is 8.65. The Kier molecular flexibility index (Phi) is 6.56. The lowest BCUT2D eigenvalue weighted by molar-refractivity contribution is -0.130. The Morgan fingerprint density at radius 1 is 1.00 bits per heavy atom. The van der Waals surface area contributed by atoms with Gasteiger partial charge in [-0.3, -0.25) is 9.59 Å². The number of nitrogens with zero attached hydrogens (tertiary/aromatic N) is 1. The largest absolute Gasteiger partial charge is 0.341 e. The summed E-state index contributed by atoms with van der Waals surface area (Å²) in [7, 11) is 1.74. The highest BCUT2D eigenvalue weighted by Crippen LogP contribution is 2.14. The van der Waals surface area contributed by atoms with E-state index in [4.69, 9.17) is 11.6 Å². The van der Waals surface area contributed by atoms with E-state index < -0.39 is 0 Å². The Hall–Kier alpha value is -2.13. The van der Waals surface area contributed by atoms with Crippen LogP contribution in [0.25, 0.3) is 0 Å². The first-order valence-corrected chi connectivity index (χ1v) is 8.48. The van der Waals surface area contributed by atoms with Crippen molar-refractivity contribution in [2.45, 2.75) is 32.7 Å². The first kappa shape index (κ1) is 18.2. The van der Waals surface area contributed by atoms with Crippen molar-refractivity contribution >= 4 is 23.3 Å². The smallest absolute Gasteiger partial charge is 0.223 e. The maximum Gasteiger partial charge on any atom is 0.223 e. The fraction of sp³-hybridized carbons (Fsp3) is 0.300. The fourth-order valence-electron chi connectivity index (χ4n) is 2.48. The highest BCUT2D eigenvalue weighted by atomic mass is 35.5. The molecule has 0 fully saturated rings. The Balaban J connectivity index is 1.86. The predicted octanol–water partition coefficient (Wildman–Crippen LogP) is 4.52. The molecule has 0 bridgehead atoms. The summed E-state index contributed by atoms with van der Waals surface area (Å²) in [4.78, 5) is 26.0. The van der Waals surface area contributed by atoms with Gasteiger partial charge in [-0.25, -0.2) is 0 Å². The third-order valence-electron chi connectivity index (χ3n) is 3.98. The zero-order valence-electron chi connectivity index (χ0n) is 14.1. The van der Waals surface area contributed by atoms with Crippen molar-refractivity contribution in [1.82, 2.24) is 4.90 Å².